The quantitative estimate of drug-likeness (QED) is 0.460. The van der Waals surface area contributed by atoms with Crippen molar-refractivity contribution in [1.29, 1.82) is 0 Å². The molecule has 3 aromatic rings. The van der Waals surface area contributed by atoms with Crippen molar-refractivity contribution < 1.29 is 17.9 Å². The minimum Gasteiger partial charge on any atom is -0.487 e. The number of para-hydroxylation sites is 1. The molecular weight excluding hydrogens is 472 g/mol. The van der Waals surface area contributed by atoms with Crippen LogP contribution in [0.1, 0.15) is 55.5 Å². The predicted octanol–water partition coefficient (Wildman–Crippen LogP) is 5.48. The number of aryl methyl sites for hydroxylation is 3. The normalized spacial score (nSPS) is 16.5. The van der Waals surface area contributed by atoms with Crippen molar-refractivity contribution in [1.82, 2.24) is 5.32 Å². The summed E-state index contributed by atoms with van der Waals surface area (Å²) in [4.78, 5) is 13.6. The van der Waals surface area contributed by atoms with Gasteiger partial charge in [0, 0.05) is 12.0 Å². The van der Waals surface area contributed by atoms with Crippen LogP contribution in [0.3, 0.4) is 0 Å². The molecule has 0 spiro atoms. The van der Waals surface area contributed by atoms with Crippen LogP contribution in [0.15, 0.2) is 71.6 Å². The molecular formula is C29H34N2O4S. The van der Waals surface area contributed by atoms with Gasteiger partial charge in [-0.2, -0.15) is 0 Å². The van der Waals surface area contributed by atoms with E-state index in [1.165, 1.54) is 4.31 Å². The number of nitrogens with zero attached hydrogens (tertiary/aromatic N) is 1. The molecule has 1 aliphatic heterocycles. The van der Waals surface area contributed by atoms with Crippen molar-refractivity contribution in [2.45, 2.75) is 64.0 Å². The Bertz CT molecular complexity index is 1360. The molecule has 190 valence electrons. The van der Waals surface area contributed by atoms with Crippen LogP contribution >= 0.6 is 0 Å². The SMILES string of the molecule is CCc1ccccc1N(CC(=O)NC1CC(C)(C)Oc2ccc(C)cc21)S(=O)(=O)c1ccc(C)cc1. The molecule has 36 heavy (non-hydrogen) atoms. The third-order valence-corrected chi connectivity index (χ3v) is 8.27. The number of hydrogen-bond donors (Lipinski definition) is 1. The fourth-order valence-corrected chi connectivity index (χ4v) is 6.12. The van der Waals surface area contributed by atoms with Crippen LogP contribution in [0.25, 0.3) is 0 Å². The van der Waals surface area contributed by atoms with E-state index < -0.39 is 15.6 Å². The van der Waals surface area contributed by atoms with Crippen molar-refractivity contribution in [2.24, 2.45) is 0 Å². The molecule has 0 radical (unpaired) electrons. The number of amides is 1. The van der Waals surface area contributed by atoms with Gasteiger partial charge in [0.2, 0.25) is 5.91 Å². The summed E-state index contributed by atoms with van der Waals surface area (Å²) in [5, 5.41) is 3.10. The Morgan fingerprint density at radius 1 is 1.03 bits per heavy atom. The van der Waals surface area contributed by atoms with Crippen LogP contribution in [0.2, 0.25) is 0 Å². The maximum Gasteiger partial charge on any atom is 0.264 e. The van der Waals surface area contributed by atoms with Crippen molar-refractivity contribution >= 4 is 21.6 Å². The van der Waals surface area contributed by atoms with Gasteiger partial charge in [0.25, 0.3) is 10.0 Å². The number of carbonyl (C=O) groups is 1. The molecule has 0 saturated carbocycles. The zero-order valence-corrected chi connectivity index (χ0v) is 22.4. The van der Waals surface area contributed by atoms with E-state index in [-0.39, 0.29) is 23.4 Å². The van der Waals surface area contributed by atoms with Crippen LogP contribution in [0.4, 0.5) is 5.69 Å². The molecule has 0 bridgehead atoms. The van der Waals surface area contributed by atoms with Crippen molar-refractivity contribution in [3.05, 3.63) is 89.0 Å². The van der Waals surface area contributed by atoms with E-state index in [0.717, 1.165) is 28.0 Å². The Labute approximate surface area is 214 Å². The van der Waals surface area contributed by atoms with Crippen LogP contribution in [0, 0.1) is 13.8 Å². The molecule has 1 amide bonds. The van der Waals surface area contributed by atoms with E-state index >= 15 is 0 Å². The molecule has 1 atom stereocenters. The van der Waals surface area contributed by atoms with Gasteiger partial charge >= 0.3 is 0 Å². The first kappa shape index (κ1) is 25.8. The lowest BCUT2D eigenvalue weighted by Crippen LogP contribution is -2.45. The summed E-state index contributed by atoms with van der Waals surface area (Å²) in [6.45, 7) is 9.52. The van der Waals surface area contributed by atoms with Gasteiger partial charge in [0.05, 0.1) is 16.6 Å². The minimum atomic E-state index is -3.98. The predicted molar refractivity (Wildman–Crippen MR) is 143 cm³/mol. The summed E-state index contributed by atoms with van der Waals surface area (Å²) in [6, 6.07) is 19.7. The highest BCUT2D eigenvalue weighted by atomic mass is 32.2. The third-order valence-electron chi connectivity index (χ3n) is 6.50. The molecule has 6 nitrogen and oxygen atoms in total. The number of anilines is 1. The highest BCUT2D eigenvalue weighted by Gasteiger charge is 2.36. The average molecular weight is 507 g/mol. The maximum atomic E-state index is 13.8. The van der Waals surface area contributed by atoms with E-state index in [1.807, 2.05) is 65.0 Å². The van der Waals surface area contributed by atoms with Gasteiger partial charge in [-0.15, -0.1) is 0 Å². The van der Waals surface area contributed by atoms with Gasteiger partial charge < -0.3 is 10.1 Å². The first-order valence-corrected chi connectivity index (χ1v) is 13.7. The Morgan fingerprint density at radius 3 is 2.39 bits per heavy atom. The lowest BCUT2D eigenvalue weighted by molar-refractivity contribution is -0.120. The topological polar surface area (TPSA) is 75.7 Å². The third kappa shape index (κ3) is 5.41. The zero-order valence-electron chi connectivity index (χ0n) is 21.5. The van der Waals surface area contributed by atoms with Gasteiger partial charge in [-0.1, -0.05) is 60.5 Å². The lowest BCUT2D eigenvalue weighted by atomic mass is 9.89. The first-order valence-electron chi connectivity index (χ1n) is 12.3. The van der Waals surface area contributed by atoms with E-state index in [0.29, 0.717) is 18.5 Å². The highest BCUT2D eigenvalue weighted by molar-refractivity contribution is 7.92. The average Bonchev–Trinajstić information content (AvgIpc) is 2.82. The molecule has 1 heterocycles. The second-order valence-corrected chi connectivity index (χ2v) is 11.9. The summed E-state index contributed by atoms with van der Waals surface area (Å²) in [6.07, 6.45) is 1.21. The fraction of sp³-hybridized carbons (Fsp3) is 0.345. The molecule has 1 unspecified atom stereocenters. The summed E-state index contributed by atoms with van der Waals surface area (Å²) >= 11 is 0. The number of ether oxygens (including phenoxy) is 1. The Hall–Kier alpha value is -3.32. The smallest absolute Gasteiger partial charge is 0.264 e. The summed E-state index contributed by atoms with van der Waals surface area (Å²) in [5.41, 5.74) is 3.83. The van der Waals surface area contributed by atoms with Gasteiger partial charge in [-0.25, -0.2) is 8.42 Å². The largest absolute Gasteiger partial charge is 0.487 e. The molecule has 0 aliphatic carbocycles. The van der Waals surface area contributed by atoms with Gasteiger partial charge in [-0.3, -0.25) is 9.10 Å². The molecule has 1 N–H and O–H groups in total. The van der Waals surface area contributed by atoms with E-state index in [2.05, 4.69) is 5.32 Å². The van der Waals surface area contributed by atoms with Gasteiger partial charge in [0.1, 0.15) is 17.9 Å². The lowest BCUT2D eigenvalue weighted by Gasteiger charge is -2.38. The van der Waals surface area contributed by atoms with E-state index in [9.17, 15) is 13.2 Å². The molecule has 1 aliphatic rings. The van der Waals surface area contributed by atoms with Crippen LogP contribution in [-0.4, -0.2) is 26.5 Å². The van der Waals surface area contributed by atoms with Crippen LogP contribution in [-0.2, 0) is 21.2 Å². The minimum absolute atomic E-state index is 0.153. The van der Waals surface area contributed by atoms with Crippen LogP contribution in [0.5, 0.6) is 5.75 Å². The molecule has 4 rings (SSSR count). The van der Waals surface area contributed by atoms with Crippen molar-refractivity contribution in [3.63, 3.8) is 0 Å². The molecule has 3 aromatic carbocycles. The molecule has 7 heteroatoms. The Balaban J connectivity index is 1.69. The van der Waals surface area contributed by atoms with Crippen LogP contribution < -0.4 is 14.4 Å². The first-order chi connectivity index (χ1) is 17.0. The van der Waals surface area contributed by atoms with Crippen molar-refractivity contribution in [2.75, 3.05) is 10.8 Å². The fourth-order valence-electron chi connectivity index (χ4n) is 4.66. The molecule has 0 aromatic heterocycles. The maximum absolute atomic E-state index is 13.8. The number of fused-ring (bicyclic) bond motifs is 1. The number of benzene rings is 3. The summed E-state index contributed by atoms with van der Waals surface area (Å²) in [7, 11) is -3.98. The monoisotopic (exact) mass is 506 g/mol. The number of rotatable bonds is 7. The molecule has 0 fully saturated rings. The van der Waals surface area contributed by atoms with Gasteiger partial charge in [0.15, 0.2) is 0 Å². The van der Waals surface area contributed by atoms with Gasteiger partial charge in [-0.05, 0) is 63.9 Å². The Morgan fingerprint density at radius 2 is 1.69 bits per heavy atom. The second-order valence-electron chi connectivity index (χ2n) is 10.0. The number of carbonyl (C=O) groups excluding carboxylic acids is 1. The number of sulfonamides is 1. The summed E-state index contributed by atoms with van der Waals surface area (Å²) < 4.78 is 35.0. The zero-order chi connectivity index (χ0) is 26.1. The Kier molecular flexibility index (Phi) is 7.14. The second kappa shape index (κ2) is 9.97. The number of nitrogens with one attached hydrogen (secondary N) is 1. The van der Waals surface area contributed by atoms with E-state index in [4.69, 9.17) is 4.74 Å². The highest BCUT2D eigenvalue weighted by Crippen LogP contribution is 2.40. The van der Waals surface area contributed by atoms with E-state index in [1.54, 1.807) is 36.4 Å². The standard InChI is InChI=1S/C29H34N2O4S/c1-6-22-9-7-8-10-26(22)31(36(33,34)23-14-11-20(2)12-15-23)19-28(32)30-25-18-29(4,5)35-27-16-13-21(3)17-24(25)27/h7-17,25H,6,18-19H2,1-5H3,(H,30,32). The number of hydrogen-bond acceptors (Lipinski definition) is 4. The van der Waals surface area contributed by atoms with Crippen molar-refractivity contribution in [3.8, 4) is 5.75 Å². The summed E-state index contributed by atoms with van der Waals surface area (Å²) in [5.74, 6) is 0.370. The molecule has 0 saturated heterocycles.